The number of benzene rings is 2. The molecule has 0 aliphatic carbocycles. The van der Waals surface area contributed by atoms with Crippen molar-refractivity contribution in [3.8, 4) is 5.75 Å². The molecule has 19 heavy (non-hydrogen) atoms. The predicted molar refractivity (Wildman–Crippen MR) is 79.1 cm³/mol. The Hall–Kier alpha value is -1.94. The Kier molecular flexibility index (Phi) is 3.17. The fourth-order valence-corrected chi connectivity index (χ4v) is 2.34. The van der Waals surface area contributed by atoms with E-state index in [2.05, 4.69) is 15.9 Å². The van der Waals surface area contributed by atoms with E-state index in [1.807, 2.05) is 42.5 Å². The fourth-order valence-electron chi connectivity index (χ4n) is 1.96. The fraction of sp³-hybridized carbons (Fsp3) is 0.0667. The van der Waals surface area contributed by atoms with E-state index in [1.165, 1.54) is 0 Å². The van der Waals surface area contributed by atoms with E-state index in [1.54, 1.807) is 6.26 Å². The first-order valence-electron chi connectivity index (χ1n) is 5.87. The molecule has 3 rings (SSSR count). The molecule has 1 heterocycles. The van der Waals surface area contributed by atoms with Gasteiger partial charge in [0.2, 0.25) is 0 Å². The van der Waals surface area contributed by atoms with Crippen LogP contribution >= 0.6 is 15.9 Å². The van der Waals surface area contributed by atoms with Crippen LogP contribution in [0.5, 0.6) is 5.75 Å². The van der Waals surface area contributed by atoms with E-state index < -0.39 is 0 Å². The number of ether oxygens (including phenoxy) is 1. The summed E-state index contributed by atoms with van der Waals surface area (Å²) in [6.07, 6.45) is 1.69. The van der Waals surface area contributed by atoms with Crippen LogP contribution in [-0.2, 0) is 6.61 Å². The van der Waals surface area contributed by atoms with E-state index in [-0.39, 0.29) is 0 Å². The second-order valence-electron chi connectivity index (χ2n) is 4.23. The Labute approximate surface area is 119 Å². The number of para-hydroxylation sites is 1. The Morgan fingerprint density at radius 3 is 2.84 bits per heavy atom. The van der Waals surface area contributed by atoms with Crippen molar-refractivity contribution >= 4 is 32.6 Å². The molecule has 0 saturated carbocycles. The first-order chi connectivity index (χ1) is 9.24. The van der Waals surface area contributed by atoms with Crippen LogP contribution in [0.4, 0.5) is 5.69 Å². The monoisotopic (exact) mass is 317 g/mol. The summed E-state index contributed by atoms with van der Waals surface area (Å²) in [5, 5.41) is 0.995. The average molecular weight is 318 g/mol. The summed E-state index contributed by atoms with van der Waals surface area (Å²) in [6.45, 7) is 0.451. The van der Waals surface area contributed by atoms with Crippen LogP contribution in [0.25, 0.3) is 11.0 Å². The van der Waals surface area contributed by atoms with Gasteiger partial charge in [0.15, 0.2) is 5.58 Å². The maximum absolute atomic E-state index is 5.86. The van der Waals surface area contributed by atoms with Gasteiger partial charge in [-0.15, -0.1) is 0 Å². The molecule has 0 spiro atoms. The van der Waals surface area contributed by atoms with Crippen LogP contribution in [0.15, 0.2) is 57.6 Å². The van der Waals surface area contributed by atoms with Crippen LogP contribution < -0.4 is 10.5 Å². The molecule has 0 atom stereocenters. The minimum atomic E-state index is 0.451. The van der Waals surface area contributed by atoms with E-state index in [4.69, 9.17) is 14.9 Å². The minimum Gasteiger partial charge on any atom is -0.489 e. The molecule has 3 aromatic rings. The van der Waals surface area contributed by atoms with Crippen molar-refractivity contribution in [2.24, 2.45) is 0 Å². The van der Waals surface area contributed by atoms with Crippen molar-refractivity contribution in [2.45, 2.75) is 6.61 Å². The van der Waals surface area contributed by atoms with Crippen LogP contribution in [-0.4, -0.2) is 0 Å². The number of nitrogen functional groups attached to an aromatic ring is 1. The van der Waals surface area contributed by atoms with Gasteiger partial charge >= 0.3 is 0 Å². The second-order valence-corrected chi connectivity index (χ2v) is 5.15. The normalized spacial score (nSPS) is 10.8. The van der Waals surface area contributed by atoms with Crippen LogP contribution in [0.1, 0.15) is 5.56 Å². The van der Waals surface area contributed by atoms with Gasteiger partial charge in [0, 0.05) is 15.4 Å². The van der Waals surface area contributed by atoms with Crippen molar-refractivity contribution in [1.82, 2.24) is 0 Å². The maximum Gasteiger partial charge on any atom is 0.157 e. The molecule has 0 aliphatic heterocycles. The Morgan fingerprint density at radius 1 is 1.16 bits per heavy atom. The molecule has 4 heteroatoms. The average Bonchev–Trinajstić information content (AvgIpc) is 2.81. The van der Waals surface area contributed by atoms with Crippen molar-refractivity contribution in [2.75, 3.05) is 5.73 Å². The van der Waals surface area contributed by atoms with E-state index in [9.17, 15) is 0 Å². The molecule has 0 bridgehead atoms. The van der Waals surface area contributed by atoms with Gasteiger partial charge in [0.25, 0.3) is 0 Å². The minimum absolute atomic E-state index is 0.451. The summed E-state index contributed by atoms with van der Waals surface area (Å²) in [5.41, 5.74) is 8.21. The molecule has 0 unspecified atom stereocenters. The number of furan rings is 1. The number of fused-ring (bicyclic) bond motifs is 1. The third kappa shape index (κ3) is 2.44. The summed E-state index contributed by atoms with van der Waals surface area (Å²) in [7, 11) is 0. The molecular weight excluding hydrogens is 306 g/mol. The molecule has 0 aliphatic rings. The van der Waals surface area contributed by atoms with E-state index >= 15 is 0 Å². The van der Waals surface area contributed by atoms with Gasteiger partial charge in [-0.1, -0.05) is 34.1 Å². The van der Waals surface area contributed by atoms with E-state index in [0.717, 1.165) is 26.8 Å². The third-order valence-electron chi connectivity index (χ3n) is 2.90. The summed E-state index contributed by atoms with van der Waals surface area (Å²) >= 11 is 3.42. The standard InChI is InChI=1S/C15H12BrNO2/c16-11-3-1-4-12(7-11)18-8-10-9-19-15-13(10)5-2-6-14(15)17/h1-7,9H,8,17H2. The van der Waals surface area contributed by atoms with Crippen LogP contribution in [0.2, 0.25) is 0 Å². The molecule has 0 amide bonds. The van der Waals surface area contributed by atoms with Gasteiger partial charge < -0.3 is 14.9 Å². The third-order valence-corrected chi connectivity index (χ3v) is 3.39. The highest BCUT2D eigenvalue weighted by Gasteiger charge is 2.08. The molecule has 0 saturated heterocycles. The highest BCUT2D eigenvalue weighted by molar-refractivity contribution is 9.10. The molecule has 96 valence electrons. The lowest BCUT2D eigenvalue weighted by Gasteiger charge is -2.05. The molecule has 2 N–H and O–H groups in total. The lowest BCUT2D eigenvalue weighted by molar-refractivity contribution is 0.306. The highest BCUT2D eigenvalue weighted by Crippen LogP contribution is 2.27. The summed E-state index contributed by atoms with van der Waals surface area (Å²) in [4.78, 5) is 0. The SMILES string of the molecule is Nc1cccc2c(COc3cccc(Br)c3)coc12. The molecule has 2 aromatic carbocycles. The zero-order valence-electron chi connectivity index (χ0n) is 10.1. The lowest BCUT2D eigenvalue weighted by atomic mass is 10.1. The molecule has 3 nitrogen and oxygen atoms in total. The van der Waals surface area contributed by atoms with Crippen LogP contribution in [0.3, 0.4) is 0 Å². The number of hydrogen-bond acceptors (Lipinski definition) is 3. The van der Waals surface area contributed by atoms with Crippen LogP contribution in [0, 0.1) is 0 Å². The first-order valence-corrected chi connectivity index (χ1v) is 6.66. The lowest BCUT2D eigenvalue weighted by Crippen LogP contribution is -1.94. The quantitative estimate of drug-likeness (QED) is 0.730. The largest absolute Gasteiger partial charge is 0.489 e. The number of anilines is 1. The summed E-state index contributed by atoms with van der Waals surface area (Å²) in [6, 6.07) is 13.5. The van der Waals surface area contributed by atoms with Crippen molar-refractivity contribution in [1.29, 1.82) is 0 Å². The Morgan fingerprint density at radius 2 is 2.00 bits per heavy atom. The second kappa shape index (κ2) is 4.97. The van der Waals surface area contributed by atoms with Gasteiger partial charge in [-0.05, 0) is 24.3 Å². The first kappa shape index (κ1) is 12.1. The molecular formula is C15H12BrNO2. The molecule has 1 aromatic heterocycles. The number of hydrogen-bond donors (Lipinski definition) is 1. The van der Waals surface area contributed by atoms with Crippen molar-refractivity contribution < 1.29 is 9.15 Å². The van der Waals surface area contributed by atoms with Gasteiger partial charge in [0.1, 0.15) is 12.4 Å². The Balaban J connectivity index is 1.84. The van der Waals surface area contributed by atoms with Crippen molar-refractivity contribution in [3.63, 3.8) is 0 Å². The zero-order chi connectivity index (χ0) is 13.2. The van der Waals surface area contributed by atoms with Gasteiger partial charge in [-0.3, -0.25) is 0 Å². The molecule has 0 fully saturated rings. The maximum atomic E-state index is 5.86. The van der Waals surface area contributed by atoms with Gasteiger partial charge in [-0.25, -0.2) is 0 Å². The van der Waals surface area contributed by atoms with E-state index in [0.29, 0.717) is 12.3 Å². The number of nitrogens with two attached hydrogens (primary N) is 1. The predicted octanol–water partition coefficient (Wildman–Crippen LogP) is 4.36. The zero-order valence-corrected chi connectivity index (χ0v) is 11.7. The smallest absolute Gasteiger partial charge is 0.157 e. The highest BCUT2D eigenvalue weighted by atomic mass is 79.9. The topological polar surface area (TPSA) is 48.4 Å². The number of halogens is 1. The molecule has 0 radical (unpaired) electrons. The summed E-state index contributed by atoms with van der Waals surface area (Å²) in [5.74, 6) is 0.813. The van der Waals surface area contributed by atoms with Crippen molar-refractivity contribution in [3.05, 3.63) is 58.8 Å². The van der Waals surface area contributed by atoms with Gasteiger partial charge in [0.05, 0.1) is 12.0 Å². The van der Waals surface area contributed by atoms with Gasteiger partial charge in [-0.2, -0.15) is 0 Å². The Bertz CT molecular complexity index is 721. The summed E-state index contributed by atoms with van der Waals surface area (Å²) < 4.78 is 12.2. The number of rotatable bonds is 3.